The zero-order valence-corrected chi connectivity index (χ0v) is 13.6. The molecule has 122 valence electrons. The number of alkyl carbamates (subject to hydrolysis) is 1. The molecule has 1 amide bonds. The summed E-state index contributed by atoms with van der Waals surface area (Å²) in [6, 6.07) is 0.747. The Balaban J connectivity index is 1.63. The maximum atomic E-state index is 11.7. The molecule has 2 aliphatic carbocycles. The molecule has 5 nitrogen and oxygen atoms in total. The second kappa shape index (κ2) is 6.53. The Bertz CT molecular complexity index is 353. The van der Waals surface area contributed by atoms with Gasteiger partial charge in [-0.15, -0.1) is 0 Å². The molecule has 2 saturated carbocycles. The van der Waals surface area contributed by atoms with Gasteiger partial charge in [0.2, 0.25) is 0 Å². The zero-order chi connectivity index (χ0) is 15.5. The van der Waals surface area contributed by atoms with Crippen LogP contribution in [0.2, 0.25) is 0 Å². The number of carbonyl (C=O) groups excluding carboxylic acids is 1. The monoisotopic (exact) mass is 298 g/mol. The first kappa shape index (κ1) is 16.6. The van der Waals surface area contributed by atoms with E-state index in [0.29, 0.717) is 12.6 Å². The van der Waals surface area contributed by atoms with Gasteiger partial charge in [-0.05, 0) is 59.3 Å². The molecule has 2 rings (SSSR count). The van der Waals surface area contributed by atoms with Crippen LogP contribution in [0, 0.1) is 5.41 Å². The molecule has 0 unspecified atom stereocenters. The van der Waals surface area contributed by atoms with Gasteiger partial charge in [0, 0.05) is 30.7 Å². The third kappa shape index (κ3) is 5.47. The SMILES string of the molecule is CC(C)(C)OC(=O)NC1CCC(NCC2(CO)CC2)CC1. The van der Waals surface area contributed by atoms with E-state index in [1.165, 1.54) is 0 Å². The first-order chi connectivity index (χ1) is 9.82. The predicted octanol–water partition coefficient (Wildman–Crippen LogP) is 2.18. The Kier molecular flexibility index (Phi) is 5.15. The number of ether oxygens (including phenoxy) is 1. The number of amides is 1. The molecule has 0 saturated heterocycles. The number of nitrogens with one attached hydrogen (secondary N) is 2. The summed E-state index contributed by atoms with van der Waals surface area (Å²) in [6.45, 7) is 6.86. The quantitative estimate of drug-likeness (QED) is 0.727. The van der Waals surface area contributed by atoms with E-state index in [1.807, 2.05) is 20.8 Å². The average Bonchev–Trinajstić information content (AvgIpc) is 3.16. The molecule has 0 spiro atoms. The van der Waals surface area contributed by atoms with Crippen LogP contribution in [0.25, 0.3) is 0 Å². The lowest BCUT2D eigenvalue weighted by Gasteiger charge is -2.31. The molecule has 2 fully saturated rings. The fourth-order valence-corrected chi connectivity index (χ4v) is 2.84. The average molecular weight is 298 g/mol. The number of rotatable bonds is 5. The van der Waals surface area contributed by atoms with Crippen molar-refractivity contribution in [1.82, 2.24) is 10.6 Å². The summed E-state index contributed by atoms with van der Waals surface area (Å²) >= 11 is 0. The maximum Gasteiger partial charge on any atom is 0.407 e. The lowest BCUT2D eigenvalue weighted by Crippen LogP contribution is -2.45. The number of hydrogen-bond acceptors (Lipinski definition) is 4. The van der Waals surface area contributed by atoms with E-state index in [1.54, 1.807) is 0 Å². The summed E-state index contributed by atoms with van der Waals surface area (Å²) in [5.41, 5.74) is -0.267. The molecule has 0 aromatic carbocycles. The lowest BCUT2D eigenvalue weighted by atomic mass is 9.91. The minimum absolute atomic E-state index is 0.172. The summed E-state index contributed by atoms with van der Waals surface area (Å²) in [5.74, 6) is 0. The van der Waals surface area contributed by atoms with Crippen molar-refractivity contribution in [3.8, 4) is 0 Å². The van der Waals surface area contributed by atoms with Crippen LogP contribution in [-0.4, -0.2) is 42.0 Å². The van der Waals surface area contributed by atoms with Gasteiger partial charge in [-0.2, -0.15) is 0 Å². The fraction of sp³-hybridized carbons (Fsp3) is 0.938. The van der Waals surface area contributed by atoms with Gasteiger partial charge in [0.1, 0.15) is 5.60 Å². The van der Waals surface area contributed by atoms with Crippen molar-refractivity contribution in [2.75, 3.05) is 13.2 Å². The largest absolute Gasteiger partial charge is 0.444 e. The van der Waals surface area contributed by atoms with Crippen molar-refractivity contribution in [3.63, 3.8) is 0 Å². The van der Waals surface area contributed by atoms with Crippen LogP contribution in [0.3, 0.4) is 0 Å². The molecule has 21 heavy (non-hydrogen) atoms. The minimum atomic E-state index is -0.439. The van der Waals surface area contributed by atoms with Crippen molar-refractivity contribution >= 4 is 6.09 Å². The van der Waals surface area contributed by atoms with Gasteiger partial charge in [-0.3, -0.25) is 0 Å². The van der Waals surface area contributed by atoms with E-state index >= 15 is 0 Å². The maximum absolute atomic E-state index is 11.7. The number of aliphatic hydroxyl groups is 1. The predicted molar refractivity (Wildman–Crippen MR) is 82.2 cm³/mol. The highest BCUT2D eigenvalue weighted by molar-refractivity contribution is 5.68. The molecule has 0 radical (unpaired) electrons. The van der Waals surface area contributed by atoms with Crippen LogP contribution >= 0.6 is 0 Å². The van der Waals surface area contributed by atoms with E-state index in [-0.39, 0.29) is 17.6 Å². The Morgan fingerprint density at radius 3 is 2.24 bits per heavy atom. The summed E-state index contributed by atoms with van der Waals surface area (Å²) in [7, 11) is 0. The summed E-state index contributed by atoms with van der Waals surface area (Å²) in [5, 5.41) is 15.9. The van der Waals surface area contributed by atoms with Crippen LogP contribution < -0.4 is 10.6 Å². The zero-order valence-electron chi connectivity index (χ0n) is 13.6. The summed E-state index contributed by atoms with van der Waals surface area (Å²) in [6.07, 6.45) is 6.10. The molecular formula is C16H30N2O3. The van der Waals surface area contributed by atoms with Gasteiger partial charge in [0.05, 0.1) is 0 Å². The smallest absolute Gasteiger partial charge is 0.407 e. The standard InChI is InChI=1S/C16H30N2O3/c1-15(2,3)21-14(20)18-13-6-4-12(5-7-13)17-10-16(11-19)8-9-16/h12-13,17,19H,4-11H2,1-3H3,(H,18,20). The summed E-state index contributed by atoms with van der Waals surface area (Å²) in [4.78, 5) is 11.7. The van der Waals surface area contributed by atoms with E-state index in [9.17, 15) is 9.90 Å². The Morgan fingerprint density at radius 2 is 1.76 bits per heavy atom. The van der Waals surface area contributed by atoms with Crippen molar-refractivity contribution in [1.29, 1.82) is 0 Å². The molecule has 3 N–H and O–H groups in total. The van der Waals surface area contributed by atoms with Gasteiger partial charge in [0.25, 0.3) is 0 Å². The second-order valence-electron chi connectivity index (χ2n) is 7.73. The van der Waals surface area contributed by atoms with E-state index in [2.05, 4.69) is 10.6 Å². The highest BCUT2D eigenvalue weighted by Gasteiger charge is 2.42. The van der Waals surface area contributed by atoms with Gasteiger partial charge >= 0.3 is 6.09 Å². The number of carbonyl (C=O) groups is 1. The third-order valence-electron chi connectivity index (χ3n) is 4.51. The van der Waals surface area contributed by atoms with Crippen LogP contribution in [-0.2, 0) is 4.74 Å². The topological polar surface area (TPSA) is 70.6 Å². The molecular weight excluding hydrogens is 268 g/mol. The van der Waals surface area contributed by atoms with E-state index < -0.39 is 5.60 Å². The molecule has 0 atom stereocenters. The van der Waals surface area contributed by atoms with Gasteiger partial charge in [-0.1, -0.05) is 0 Å². The molecule has 0 bridgehead atoms. The van der Waals surface area contributed by atoms with Crippen molar-refractivity contribution in [2.24, 2.45) is 5.41 Å². The number of hydrogen-bond donors (Lipinski definition) is 3. The highest BCUT2D eigenvalue weighted by atomic mass is 16.6. The number of aliphatic hydroxyl groups excluding tert-OH is 1. The normalized spacial score (nSPS) is 28.0. The summed E-state index contributed by atoms with van der Waals surface area (Å²) < 4.78 is 5.29. The van der Waals surface area contributed by atoms with Crippen LogP contribution in [0.5, 0.6) is 0 Å². The van der Waals surface area contributed by atoms with E-state index in [0.717, 1.165) is 45.1 Å². The molecule has 0 aliphatic heterocycles. The van der Waals surface area contributed by atoms with E-state index in [4.69, 9.17) is 4.74 Å². The van der Waals surface area contributed by atoms with Crippen LogP contribution in [0.1, 0.15) is 59.3 Å². The second-order valence-corrected chi connectivity index (χ2v) is 7.73. The van der Waals surface area contributed by atoms with Crippen LogP contribution in [0.4, 0.5) is 4.79 Å². The van der Waals surface area contributed by atoms with Gasteiger partial charge in [-0.25, -0.2) is 4.79 Å². The van der Waals surface area contributed by atoms with Gasteiger partial charge < -0.3 is 20.5 Å². The fourth-order valence-electron chi connectivity index (χ4n) is 2.84. The lowest BCUT2D eigenvalue weighted by molar-refractivity contribution is 0.0489. The van der Waals surface area contributed by atoms with Crippen molar-refractivity contribution in [2.45, 2.75) is 77.0 Å². The Hall–Kier alpha value is -0.810. The third-order valence-corrected chi connectivity index (χ3v) is 4.51. The molecule has 0 heterocycles. The Labute approximate surface area is 127 Å². The molecule has 0 aromatic heterocycles. The van der Waals surface area contributed by atoms with Crippen molar-refractivity contribution < 1.29 is 14.6 Å². The van der Waals surface area contributed by atoms with Gasteiger partial charge in [0.15, 0.2) is 0 Å². The first-order valence-electron chi connectivity index (χ1n) is 8.16. The molecule has 0 aromatic rings. The first-order valence-corrected chi connectivity index (χ1v) is 8.16. The minimum Gasteiger partial charge on any atom is -0.444 e. The van der Waals surface area contributed by atoms with Crippen molar-refractivity contribution in [3.05, 3.63) is 0 Å². The molecule has 2 aliphatic rings. The molecule has 5 heteroatoms. The highest BCUT2D eigenvalue weighted by Crippen LogP contribution is 2.44. The Morgan fingerprint density at radius 1 is 1.19 bits per heavy atom. The van der Waals surface area contributed by atoms with Crippen LogP contribution in [0.15, 0.2) is 0 Å².